The van der Waals surface area contributed by atoms with Gasteiger partial charge in [0, 0.05) is 11.3 Å². The maximum atomic E-state index is 11.9. The molecule has 0 aliphatic heterocycles. The van der Waals surface area contributed by atoms with E-state index in [1.807, 2.05) is 36.4 Å². The average molecular weight is 340 g/mol. The van der Waals surface area contributed by atoms with Crippen molar-refractivity contribution >= 4 is 11.8 Å². The van der Waals surface area contributed by atoms with Gasteiger partial charge in [-0.05, 0) is 37.0 Å². The maximum absolute atomic E-state index is 11.9. The zero-order valence-corrected chi connectivity index (χ0v) is 14.4. The quantitative estimate of drug-likeness (QED) is 0.780. The van der Waals surface area contributed by atoms with E-state index in [-0.39, 0.29) is 18.7 Å². The van der Waals surface area contributed by atoms with Crippen molar-refractivity contribution < 1.29 is 14.6 Å². The first-order valence-corrected chi connectivity index (χ1v) is 8.69. The Morgan fingerprint density at radius 1 is 1.20 bits per heavy atom. The van der Waals surface area contributed by atoms with Crippen molar-refractivity contribution in [3.63, 3.8) is 0 Å². The molecule has 0 spiro atoms. The summed E-state index contributed by atoms with van der Waals surface area (Å²) in [5, 5.41) is 16.1. The number of ether oxygens (including phenoxy) is 1. The molecule has 1 aliphatic carbocycles. The molecule has 0 saturated heterocycles. The summed E-state index contributed by atoms with van der Waals surface area (Å²) in [5.74, 6) is 0. The minimum Gasteiger partial charge on any atom is -0.450 e. The minimum atomic E-state index is -0.394. The fourth-order valence-electron chi connectivity index (χ4n) is 3.38. The maximum Gasteiger partial charge on any atom is 0.407 e. The molecule has 0 saturated carbocycles. The van der Waals surface area contributed by atoms with Crippen LogP contribution in [-0.2, 0) is 17.8 Å². The van der Waals surface area contributed by atoms with E-state index < -0.39 is 6.09 Å². The number of benzene rings is 2. The number of alkyl carbamates (subject to hydrolysis) is 1. The SMILES string of the molecule is CCOC(=O)N[C@H]1CCc2ccccc2[C@@H]1Nc1ccccc1CO. The Labute approximate surface area is 148 Å². The van der Waals surface area contributed by atoms with Crippen LogP contribution in [0, 0.1) is 0 Å². The van der Waals surface area contributed by atoms with Crippen LogP contribution in [0.2, 0.25) is 0 Å². The van der Waals surface area contributed by atoms with Gasteiger partial charge in [0.25, 0.3) is 0 Å². The van der Waals surface area contributed by atoms with Crippen LogP contribution in [-0.4, -0.2) is 23.8 Å². The zero-order chi connectivity index (χ0) is 17.6. The van der Waals surface area contributed by atoms with Crippen molar-refractivity contribution in [2.24, 2.45) is 0 Å². The molecule has 1 aliphatic rings. The zero-order valence-electron chi connectivity index (χ0n) is 14.4. The Balaban J connectivity index is 1.90. The van der Waals surface area contributed by atoms with E-state index in [0.717, 1.165) is 24.1 Å². The van der Waals surface area contributed by atoms with Gasteiger partial charge in [0.15, 0.2) is 0 Å². The lowest BCUT2D eigenvalue weighted by atomic mass is 9.83. The van der Waals surface area contributed by atoms with Gasteiger partial charge < -0.3 is 20.5 Å². The van der Waals surface area contributed by atoms with Gasteiger partial charge >= 0.3 is 6.09 Å². The van der Waals surface area contributed by atoms with E-state index in [2.05, 4.69) is 22.8 Å². The largest absolute Gasteiger partial charge is 0.450 e. The molecule has 132 valence electrons. The van der Waals surface area contributed by atoms with Gasteiger partial charge in [0.2, 0.25) is 0 Å². The van der Waals surface area contributed by atoms with Crippen LogP contribution in [0.15, 0.2) is 48.5 Å². The Morgan fingerprint density at radius 3 is 2.76 bits per heavy atom. The highest BCUT2D eigenvalue weighted by Crippen LogP contribution is 2.33. The molecular weight excluding hydrogens is 316 g/mol. The van der Waals surface area contributed by atoms with Crippen LogP contribution in [0.25, 0.3) is 0 Å². The summed E-state index contributed by atoms with van der Waals surface area (Å²) in [7, 11) is 0. The van der Waals surface area contributed by atoms with Gasteiger partial charge in [0.1, 0.15) is 0 Å². The highest BCUT2D eigenvalue weighted by Gasteiger charge is 2.31. The van der Waals surface area contributed by atoms with Crippen LogP contribution < -0.4 is 10.6 Å². The van der Waals surface area contributed by atoms with E-state index >= 15 is 0 Å². The molecule has 3 N–H and O–H groups in total. The standard InChI is InChI=1S/C20H24N2O3/c1-2-25-20(24)22-18-12-11-14-7-3-5-9-16(14)19(18)21-17-10-6-4-8-15(17)13-23/h3-10,18-19,21,23H,2,11-13H2,1H3,(H,22,24)/t18-,19-/m0/s1. The van der Waals surface area contributed by atoms with Gasteiger partial charge in [-0.1, -0.05) is 42.5 Å². The second-order valence-electron chi connectivity index (χ2n) is 6.15. The van der Waals surface area contributed by atoms with Gasteiger partial charge in [-0.25, -0.2) is 4.79 Å². The number of aryl methyl sites for hydroxylation is 1. The molecule has 2 atom stereocenters. The monoisotopic (exact) mass is 340 g/mol. The lowest BCUT2D eigenvalue weighted by Crippen LogP contribution is -2.44. The summed E-state index contributed by atoms with van der Waals surface area (Å²) < 4.78 is 5.06. The summed E-state index contributed by atoms with van der Waals surface area (Å²) in [4.78, 5) is 11.9. The predicted octanol–water partition coefficient (Wildman–Crippen LogP) is 3.39. The summed E-state index contributed by atoms with van der Waals surface area (Å²) >= 11 is 0. The molecule has 0 radical (unpaired) electrons. The molecule has 2 aromatic rings. The summed E-state index contributed by atoms with van der Waals surface area (Å²) in [5.41, 5.74) is 4.16. The Hall–Kier alpha value is -2.53. The summed E-state index contributed by atoms with van der Waals surface area (Å²) in [6.07, 6.45) is 1.34. The van der Waals surface area contributed by atoms with Crippen molar-refractivity contribution in [1.82, 2.24) is 5.32 Å². The summed E-state index contributed by atoms with van der Waals surface area (Å²) in [6, 6.07) is 15.8. The number of carbonyl (C=O) groups is 1. The number of nitrogens with one attached hydrogen (secondary N) is 2. The topological polar surface area (TPSA) is 70.6 Å². The predicted molar refractivity (Wildman–Crippen MR) is 97.4 cm³/mol. The van der Waals surface area contributed by atoms with Crippen LogP contribution in [0.1, 0.15) is 36.1 Å². The molecule has 1 amide bonds. The second kappa shape index (κ2) is 8.03. The summed E-state index contributed by atoms with van der Waals surface area (Å²) in [6.45, 7) is 2.11. The smallest absolute Gasteiger partial charge is 0.407 e. The number of fused-ring (bicyclic) bond motifs is 1. The first-order chi connectivity index (χ1) is 12.2. The van der Waals surface area contributed by atoms with Gasteiger partial charge in [0.05, 0.1) is 25.3 Å². The number of aliphatic hydroxyl groups is 1. The number of para-hydroxylation sites is 1. The molecule has 0 heterocycles. The van der Waals surface area contributed by atoms with E-state index in [4.69, 9.17) is 4.74 Å². The van der Waals surface area contributed by atoms with Crippen molar-refractivity contribution in [1.29, 1.82) is 0 Å². The van der Waals surface area contributed by atoms with Crippen molar-refractivity contribution in [2.75, 3.05) is 11.9 Å². The molecule has 0 unspecified atom stereocenters. The van der Waals surface area contributed by atoms with Crippen molar-refractivity contribution in [2.45, 2.75) is 38.5 Å². The number of anilines is 1. The number of amides is 1. The number of carbonyl (C=O) groups excluding carboxylic acids is 1. The lowest BCUT2D eigenvalue weighted by molar-refractivity contribution is 0.145. The number of rotatable bonds is 5. The third-order valence-corrected chi connectivity index (χ3v) is 4.59. The molecule has 3 rings (SSSR count). The Bertz CT molecular complexity index is 732. The van der Waals surface area contributed by atoms with Gasteiger partial charge in [-0.3, -0.25) is 0 Å². The lowest BCUT2D eigenvalue weighted by Gasteiger charge is -2.35. The third kappa shape index (κ3) is 3.94. The number of hydrogen-bond donors (Lipinski definition) is 3. The first-order valence-electron chi connectivity index (χ1n) is 8.69. The van der Waals surface area contributed by atoms with Crippen LogP contribution in [0.4, 0.5) is 10.5 Å². The van der Waals surface area contributed by atoms with E-state index in [1.54, 1.807) is 6.92 Å². The Morgan fingerprint density at radius 2 is 1.96 bits per heavy atom. The van der Waals surface area contributed by atoms with Crippen LogP contribution >= 0.6 is 0 Å². The highest BCUT2D eigenvalue weighted by molar-refractivity contribution is 5.68. The molecule has 5 heteroatoms. The molecule has 2 aromatic carbocycles. The highest BCUT2D eigenvalue weighted by atomic mass is 16.5. The van der Waals surface area contributed by atoms with E-state index in [0.29, 0.717) is 6.61 Å². The van der Waals surface area contributed by atoms with Crippen LogP contribution in [0.5, 0.6) is 0 Å². The normalized spacial score (nSPS) is 19.0. The van der Waals surface area contributed by atoms with E-state index in [9.17, 15) is 9.90 Å². The molecule has 25 heavy (non-hydrogen) atoms. The molecule has 5 nitrogen and oxygen atoms in total. The average Bonchev–Trinajstić information content (AvgIpc) is 2.64. The fraction of sp³-hybridized carbons (Fsp3) is 0.350. The Kier molecular flexibility index (Phi) is 5.56. The molecular formula is C20H24N2O3. The molecule has 0 bridgehead atoms. The van der Waals surface area contributed by atoms with Gasteiger partial charge in [-0.2, -0.15) is 0 Å². The van der Waals surface area contributed by atoms with E-state index in [1.165, 1.54) is 11.1 Å². The number of hydrogen-bond acceptors (Lipinski definition) is 4. The van der Waals surface area contributed by atoms with Crippen molar-refractivity contribution in [3.05, 3.63) is 65.2 Å². The molecule has 0 aromatic heterocycles. The van der Waals surface area contributed by atoms with Gasteiger partial charge in [-0.15, -0.1) is 0 Å². The first kappa shape index (κ1) is 17.3. The number of aliphatic hydroxyl groups excluding tert-OH is 1. The fourth-order valence-corrected chi connectivity index (χ4v) is 3.38. The minimum absolute atomic E-state index is 0.0342. The molecule has 0 fully saturated rings. The van der Waals surface area contributed by atoms with Crippen LogP contribution in [0.3, 0.4) is 0 Å². The third-order valence-electron chi connectivity index (χ3n) is 4.59. The van der Waals surface area contributed by atoms with Crippen molar-refractivity contribution in [3.8, 4) is 0 Å². The second-order valence-corrected chi connectivity index (χ2v) is 6.15.